The summed E-state index contributed by atoms with van der Waals surface area (Å²) in [6, 6.07) is 13.4. The van der Waals surface area contributed by atoms with Crippen LogP contribution in [0.3, 0.4) is 0 Å². The fourth-order valence-corrected chi connectivity index (χ4v) is 1.95. The van der Waals surface area contributed by atoms with Gasteiger partial charge in [0, 0.05) is 24.2 Å². The third kappa shape index (κ3) is 2.57. The van der Waals surface area contributed by atoms with Gasteiger partial charge in [-0.05, 0) is 25.2 Å². The fourth-order valence-electron chi connectivity index (χ4n) is 1.95. The largest absolute Gasteiger partial charge is 0.435 e. The standard InChI is InChI=1S/C15H14N4O/c1-16-10-12-7-8-14(19-18-12)20-13-6-2-4-11-5-3-9-17-15(11)13/h2-9,16H,10H2,1H3. The first-order valence-electron chi connectivity index (χ1n) is 6.35. The molecule has 0 fully saturated rings. The van der Waals surface area contributed by atoms with Crippen molar-refractivity contribution in [2.24, 2.45) is 0 Å². The highest BCUT2D eigenvalue weighted by molar-refractivity contribution is 5.84. The molecule has 5 heteroatoms. The molecule has 0 spiro atoms. The molecule has 3 rings (SSSR count). The number of aromatic nitrogens is 3. The maximum atomic E-state index is 5.77. The maximum absolute atomic E-state index is 5.77. The first-order valence-corrected chi connectivity index (χ1v) is 6.35. The molecule has 0 unspecified atom stereocenters. The first kappa shape index (κ1) is 12.5. The van der Waals surface area contributed by atoms with Crippen LogP contribution in [0.4, 0.5) is 0 Å². The van der Waals surface area contributed by atoms with Gasteiger partial charge in [0.05, 0.1) is 5.69 Å². The second-order valence-electron chi connectivity index (χ2n) is 4.33. The van der Waals surface area contributed by atoms with Gasteiger partial charge in [0.2, 0.25) is 5.88 Å². The SMILES string of the molecule is CNCc1ccc(Oc2cccc3cccnc23)nn1. The summed E-state index contributed by atoms with van der Waals surface area (Å²) in [6.45, 7) is 0.684. The van der Waals surface area contributed by atoms with Crippen LogP contribution in [0.5, 0.6) is 11.6 Å². The Bertz CT molecular complexity index is 707. The number of benzene rings is 1. The summed E-state index contributed by atoms with van der Waals surface area (Å²) >= 11 is 0. The lowest BCUT2D eigenvalue weighted by Crippen LogP contribution is -2.07. The number of fused-ring (bicyclic) bond motifs is 1. The number of ether oxygens (including phenoxy) is 1. The fraction of sp³-hybridized carbons (Fsp3) is 0.133. The van der Waals surface area contributed by atoms with E-state index >= 15 is 0 Å². The van der Waals surface area contributed by atoms with E-state index in [0.717, 1.165) is 16.6 Å². The van der Waals surface area contributed by atoms with Crippen molar-refractivity contribution in [1.29, 1.82) is 0 Å². The van der Waals surface area contributed by atoms with Gasteiger partial charge in [0.25, 0.3) is 0 Å². The molecule has 0 radical (unpaired) electrons. The summed E-state index contributed by atoms with van der Waals surface area (Å²) in [4.78, 5) is 4.34. The van der Waals surface area contributed by atoms with Gasteiger partial charge in [-0.25, -0.2) is 0 Å². The molecule has 100 valence electrons. The average molecular weight is 266 g/mol. The van der Waals surface area contributed by atoms with Crippen molar-refractivity contribution in [1.82, 2.24) is 20.5 Å². The number of para-hydroxylation sites is 1. The van der Waals surface area contributed by atoms with Crippen LogP contribution in [-0.4, -0.2) is 22.2 Å². The number of rotatable bonds is 4. The van der Waals surface area contributed by atoms with E-state index in [4.69, 9.17) is 4.74 Å². The Balaban J connectivity index is 1.89. The van der Waals surface area contributed by atoms with Crippen LogP contribution in [0.1, 0.15) is 5.69 Å². The molecule has 0 atom stereocenters. The van der Waals surface area contributed by atoms with Gasteiger partial charge < -0.3 is 10.1 Å². The Morgan fingerprint density at radius 1 is 1.05 bits per heavy atom. The average Bonchev–Trinajstić information content (AvgIpc) is 2.50. The number of hydrogen-bond acceptors (Lipinski definition) is 5. The van der Waals surface area contributed by atoms with Gasteiger partial charge >= 0.3 is 0 Å². The van der Waals surface area contributed by atoms with E-state index in [1.165, 1.54) is 0 Å². The number of hydrogen-bond donors (Lipinski definition) is 1. The van der Waals surface area contributed by atoms with Crippen molar-refractivity contribution < 1.29 is 4.74 Å². The van der Waals surface area contributed by atoms with Crippen molar-refractivity contribution in [2.45, 2.75) is 6.54 Å². The second kappa shape index (κ2) is 5.63. The molecule has 3 aromatic rings. The molecule has 2 heterocycles. The van der Waals surface area contributed by atoms with Gasteiger partial charge in [-0.2, -0.15) is 5.10 Å². The van der Waals surface area contributed by atoms with E-state index in [-0.39, 0.29) is 0 Å². The van der Waals surface area contributed by atoms with Crippen LogP contribution in [0.25, 0.3) is 10.9 Å². The predicted octanol–water partition coefficient (Wildman–Crippen LogP) is 2.54. The predicted molar refractivity (Wildman–Crippen MR) is 76.6 cm³/mol. The zero-order chi connectivity index (χ0) is 13.8. The minimum absolute atomic E-state index is 0.461. The van der Waals surface area contributed by atoms with Crippen molar-refractivity contribution in [2.75, 3.05) is 7.05 Å². The molecule has 0 aliphatic rings. The minimum atomic E-state index is 0.461. The molecule has 0 saturated heterocycles. The van der Waals surface area contributed by atoms with E-state index in [1.807, 2.05) is 43.4 Å². The van der Waals surface area contributed by atoms with Gasteiger partial charge in [-0.3, -0.25) is 4.98 Å². The lowest BCUT2D eigenvalue weighted by Gasteiger charge is -2.07. The van der Waals surface area contributed by atoms with Crippen molar-refractivity contribution in [3.8, 4) is 11.6 Å². The molecule has 2 aromatic heterocycles. The van der Waals surface area contributed by atoms with Gasteiger partial charge in [-0.1, -0.05) is 18.2 Å². The zero-order valence-corrected chi connectivity index (χ0v) is 11.1. The smallest absolute Gasteiger partial charge is 0.238 e. The van der Waals surface area contributed by atoms with Gasteiger partial charge in [-0.15, -0.1) is 5.10 Å². The molecule has 0 amide bonds. The Hall–Kier alpha value is -2.53. The first-order chi connectivity index (χ1) is 9.86. The van der Waals surface area contributed by atoms with Crippen LogP contribution < -0.4 is 10.1 Å². The highest BCUT2D eigenvalue weighted by Gasteiger charge is 2.05. The van der Waals surface area contributed by atoms with E-state index in [0.29, 0.717) is 18.2 Å². The molecular formula is C15H14N4O. The molecule has 1 N–H and O–H groups in total. The monoisotopic (exact) mass is 266 g/mol. The lowest BCUT2D eigenvalue weighted by atomic mass is 10.2. The van der Waals surface area contributed by atoms with E-state index in [2.05, 4.69) is 20.5 Å². The molecule has 0 aliphatic heterocycles. The van der Waals surface area contributed by atoms with E-state index in [1.54, 1.807) is 12.3 Å². The van der Waals surface area contributed by atoms with Crippen LogP contribution >= 0.6 is 0 Å². The maximum Gasteiger partial charge on any atom is 0.238 e. The van der Waals surface area contributed by atoms with Crippen LogP contribution in [-0.2, 0) is 6.54 Å². The normalized spacial score (nSPS) is 10.7. The summed E-state index contributed by atoms with van der Waals surface area (Å²) in [5, 5.41) is 12.2. The Morgan fingerprint density at radius 3 is 2.75 bits per heavy atom. The van der Waals surface area contributed by atoms with Crippen molar-refractivity contribution in [3.63, 3.8) is 0 Å². The molecule has 5 nitrogen and oxygen atoms in total. The topological polar surface area (TPSA) is 59.9 Å². The van der Waals surface area contributed by atoms with Crippen molar-refractivity contribution >= 4 is 10.9 Å². The summed E-state index contributed by atoms with van der Waals surface area (Å²) in [7, 11) is 1.87. The number of nitrogens with zero attached hydrogens (tertiary/aromatic N) is 3. The van der Waals surface area contributed by atoms with E-state index in [9.17, 15) is 0 Å². The van der Waals surface area contributed by atoms with Crippen LogP contribution in [0.15, 0.2) is 48.7 Å². The van der Waals surface area contributed by atoms with Gasteiger partial charge in [0.15, 0.2) is 5.75 Å². The summed E-state index contributed by atoms with van der Waals surface area (Å²) < 4.78 is 5.77. The third-order valence-corrected chi connectivity index (χ3v) is 2.86. The minimum Gasteiger partial charge on any atom is -0.435 e. The number of nitrogens with one attached hydrogen (secondary N) is 1. The number of pyridine rings is 1. The molecule has 20 heavy (non-hydrogen) atoms. The molecular weight excluding hydrogens is 252 g/mol. The molecule has 0 saturated carbocycles. The Morgan fingerprint density at radius 2 is 1.95 bits per heavy atom. The second-order valence-corrected chi connectivity index (χ2v) is 4.33. The quantitative estimate of drug-likeness (QED) is 0.786. The van der Waals surface area contributed by atoms with Crippen molar-refractivity contribution in [3.05, 3.63) is 54.4 Å². The van der Waals surface area contributed by atoms with Crippen LogP contribution in [0, 0.1) is 0 Å². The Labute approximate surface area is 116 Å². The summed E-state index contributed by atoms with van der Waals surface area (Å²) in [5.74, 6) is 1.14. The third-order valence-electron chi connectivity index (χ3n) is 2.86. The lowest BCUT2D eigenvalue weighted by molar-refractivity contribution is 0.457. The highest BCUT2D eigenvalue weighted by atomic mass is 16.5. The Kier molecular flexibility index (Phi) is 3.52. The summed E-state index contributed by atoms with van der Waals surface area (Å²) in [6.07, 6.45) is 1.75. The van der Waals surface area contributed by atoms with Gasteiger partial charge in [0.1, 0.15) is 5.52 Å². The van der Waals surface area contributed by atoms with Crippen LogP contribution in [0.2, 0.25) is 0 Å². The molecule has 1 aromatic carbocycles. The zero-order valence-electron chi connectivity index (χ0n) is 11.1. The summed E-state index contributed by atoms with van der Waals surface area (Å²) in [5.41, 5.74) is 1.69. The molecule has 0 bridgehead atoms. The van der Waals surface area contributed by atoms with E-state index < -0.39 is 0 Å². The molecule has 0 aliphatic carbocycles. The highest BCUT2D eigenvalue weighted by Crippen LogP contribution is 2.26.